The number of amides is 2. The Morgan fingerprint density at radius 2 is 1.68 bits per heavy atom. The molecule has 4 aliphatic carbocycles. The van der Waals surface area contributed by atoms with Crippen LogP contribution in [-0.2, 0) is 9.59 Å². The summed E-state index contributed by atoms with van der Waals surface area (Å²) in [6, 6.07) is 7.33. The van der Waals surface area contributed by atoms with Gasteiger partial charge in [0.15, 0.2) is 0 Å². The summed E-state index contributed by atoms with van der Waals surface area (Å²) in [6.07, 6.45) is 7.78. The van der Waals surface area contributed by atoms with E-state index in [-0.39, 0.29) is 11.5 Å². The molecule has 0 heterocycles. The molecule has 25 heavy (non-hydrogen) atoms. The minimum absolute atomic E-state index is 0.0571. The molecule has 4 saturated carbocycles. The third-order valence-electron chi connectivity index (χ3n) is 6.64. The first-order valence-electron chi connectivity index (χ1n) is 9.31. The molecule has 4 aliphatic rings. The second-order valence-electron chi connectivity index (χ2n) is 8.44. The van der Waals surface area contributed by atoms with Crippen LogP contribution in [0.2, 0.25) is 0 Å². The highest BCUT2D eigenvalue weighted by Crippen LogP contribution is 2.61. The molecular formula is C20H25BrN2O2. The van der Waals surface area contributed by atoms with Crippen molar-refractivity contribution in [1.82, 2.24) is 5.32 Å². The fourth-order valence-corrected chi connectivity index (χ4v) is 6.28. The first-order valence-corrected chi connectivity index (χ1v) is 10.1. The zero-order chi connectivity index (χ0) is 17.6. The van der Waals surface area contributed by atoms with Crippen LogP contribution in [0.1, 0.15) is 45.4 Å². The molecule has 5 heteroatoms. The second-order valence-corrected chi connectivity index (χ2v) is 9.36. The van der Waals surface area contributed by atoms with Crippen LogP contribution >= 0.6 is 15.9 Å². The first kappa shape index (κ1) is 17.1. The van der Waals surface area contributed by atoms with Crippen LogP contribution in [-0.4, -0.2) is 17.9 Å². The van der Waals surface area contributed by atoms with Gasteiger partial charge < -0.3 is 10.6 Å². The number of rotatable bonds is 3. The van der Waals surface area contributed by atoms with E-state index in [0.29, 0.717) is 5.69 Å². The van der Waals surface area contributed by atoms with Gasteiger partial charge in [0.2, 0.25) is 0 Å². The largest absolute Gasteiger partial charge is 0.345 e. The minimum Gasteiger partial charge on any atom is -0.345 e. The quantitative estimate of drug-likeness (QED) is 0.744. The van der Waals surface area contributed by atoms with Crippen LogP contribution in [0.15, 0.2) is 28.7 Å². The zero-order valence-electron chi connectivity index (χ0n) is 14.6. The predicted octanol–water partition coefficient (Wildman–Crippen LogP) is 4.11. The SMILES string of the molecule is CC(NC(=O)C(=O)Nc1cccc(Br)c1)C12CC3CC(CC(C3)C1)C2. The number of hydrogen-bond donors (Lipinski definition) is 2. The molecule has 0 spiro atoms. The molecule has 0 aromatic heterocycles. The highest BCUT2D eigenvalue weighted by molar-refractivity contribution is 9.10. The summed E-state index contributed by atoms with van der Waals surface area (Å²) >= 11 is 3.37. The van der Waals surface area contributed by atoms with Crippen molar-refractivity contribution < 1.29 is 9.59 Å². The maximum atomic E-state index is 12.4. The van der Waals surface area contributed by atoms with Crippen molar-refractivity contribution >= 4 is 33.4 Å². The molecule has 1 unspecified atom stereocenters. The summed E-state index contributed by atoms with van der Waals surface area (Å²) in [5, 5.41) is 5.69. The molecule has 2 amide bonds. The molecule has 4 fully saturated rings. The molecule has 4 bridgehead atoms. The second kappa shape index (κ2) is 6.42. The van der Waals surface area contributed by atoms with Crippen LogP contribution in [0.3, 0.4) is 0 Å². The average molecular weight is 405 g/mol. The summed E-state index contributed by atoms with van der Waals surface area (Å²) in [5.74, 6) is 1.39. The van der Waals surface area contributed by atoms with Gasteiger partial charge in [-0.3, -0.25) is 9.59 Å². The molecule has 4 nitrogen and oxygen atoms in total. The number of halogens is 1. The summed E-state index contributed by atoms with van der Waals surface area (Å²) in [6.45, 7) is 2.09. The normalized spacial score (nSPS) is 33.8. The molecule has 1 atom stereocenters. The molecule has 0 aliphatic heterocycles. The van der Waals surface area contributed by atoms with Gasteiger partial charge in [0.25, 0.3) is 0 Å². The van der Waals surface area contributed by atoms with E-state index >= 15 is 0 Å². The lowest BCUT2D eigenvalue weighted by molar-refractivity contribution is -0.138. The Morgan fingerprint density at radius 3 is 2.24 bits per heavy atom. The average Bonchev–Trinajstić information content (AvgIpc) is 2.53. The Kier molecular flexibility index (Phi) is 4.38. The molecule has 5 rings (SSSR count). The number of carbonyl (C=O) groups excluding carboxylic acids is 2. The zero-order valence-corrected chi connectivity index (χ0v) is 16.1. The van der Waals surface area contributed by atoms with Crippen molar-refractivity contribution in [3.8, 4) is 0 Å². The Morgan fingerprint density at radius 1 is 1.08 bits per heavy atom. The molecule has 1 aromatic carbocycles. The van der Waals surface area contributed by atoms with E-state index in [9.17, 15) is 9.59 Å². The first-order chi connectivity index (χ1) is 11.9. The highest BCUT2D eigenvalue weighted by atomic mass is 79.9. The minimum atomic E-state index is -0.588. The van der Waals surface area contributed by atoms with Crippen molar-refractivity contribution in [2.45, 2.75) is 51.5 Å². The van der Waals surface area contributed by atoms with E-state index in [1.807, 2.05) is 12.1 Å². The molecule has 0 saturated heterocycles. The van der Waals surface area contributed by atoms with E-state index in [1.165, 1.54) is 38.5 Å². The fraction of sp³-hybridized carbons (Fsp3) is 0.600. The van der Waals surface area contributed by atoms with Crippen molar-refractivity contribution in [3.05, 3.63) is 28.7 Å². The third-order valence-corrected chi connectivity index (χ3v) is 7.13. The third kappa shape index (κ3) is 3.35. The lowest BCUT2D eigenvalue weighted by Crippen LogP contribution is -2.57. The Hall–Kier alpha value is -1.36. The number of anilines is 1. The van der Waals surface area contributed by atoms with Gasteiger partial charge >= 0.3 is 11.8 Å². The van der Waals surface area contributed by atoms with Crippen LogP contribution < -0.4 is 10.6 Å². The number of carbonyl (C=O) groups is 2. The number of nitrogens with one attached hydrogen (secondary N) is 2. The Balaban J connectivity index is 1.39. The smallest absolute Gasteiger partial charge is 0.313 e. The van der Waals surface area contributed by atoms with E-state index in [2.05, 4.69) is 33.5 Å². The van der Waals surface area contributed by atoms with Crippen molar-refractivity contribution in [2.24, 2.45) is 23.2 Å². The molecule has 0 radical (unpaired) electrons. The summed E-state index contributed by atoms with van der Waals surface area (Å²) in [7, 11) is 0. The molecule has 134 valence electrons. The van der Waals surface area contributed by atoms with Gasteiger partial charge in [0, 0.05) is 16.2 Å². The van der Waals surface area contributed by atoms with Gasteiger partial charge in [-0.05, 0) is 86.8 Å². The van der Waals surface area contributed by atoms with Gasteiger partial charge in [0.05, 0.1) is 0 Å². The monoisotopic (exact) mass is 404 g/mol. The Labute approximate surface area is 157 Å². The standard InChI is InChI=1S/C20H25BrN2O2/c1-12(20-9-13-5-14(10-20)7-15(6-13)11-20)22-18(24)19(25)23-17-4-2-3-16(21)8-17/h2-4,8,12-15H,5-7,9-11H2,1H3,(H,22,24)(H,23,25). The van der Waals surface area contributed by atoms with E-state index in [0.717, 1.165) is 22.2 Å². The molecular weight excluding hydrogens is 380 g/mol. The van der Waals surface area contributed by atoms with Gasteiger partial charge in [0.1, 0.15) is 0 Å². The van der Waals surface area contributed by atoms with Crippen LogP contribution in [0.25, 0.3) is 0 Å². The van der Waals surface area contributed by atoms with E-state index in [1.54, 1.807) is 12.1 Å². The lowest BCUT2D eigenvalue weighted by Gasteiger charge is -2.59. The van der Waals surface area contributed by atoms with Crippen molar-refractivity contribution in [2.75, 3.05) is 5.32 Å². The highest BCUT2D eigenvalue weighted by Gasteiger charge is 2.53. The predicted molar refractivity (Wildman–Crippen MR) is 101 cm³/mol. The van der Waals surface area contributed by atoms with Crippen molar-refractivity contribution in [3.63, 3.8) is 0 Å². The maximum Gasteiger partial charge on any atom is 0.313 e. The van der Waals surface area contributed by atoms with Crippen molar-refractivity contribution in [1.29, 1.82) is 0 Å². The summed E-state index contributed by atoms with van der Waals surface area (Å²) in [4.78, 5) is 24.6. The summed E-state index contributed by atoms with van der Waals surface area (Å²) < 4.78 is 0.868. The maximum absolute atomic E-state index is 12.4. The Bertz CT molecular complexity index is 667. The van der Waals surface area contributed by atoms with Gasteiger partial charge in [-0.2, -0.15) is 0 Å². The topological polar surface area (TPSA) is 58.2 Å². The van der Waals surface area contributed by atoms with Gasteiger partial charge in [-0.25, -0.2) is 0 Å². The molecule has 2 N–H and O–H groups in total. The van der Waals surface area contributed by atoms with Crippen LogP contribution in [0.5, 0.6) is 0 Å². The number of hydrogen-bond acceptors (Lipinski definition) is 2. The summed E-state index contributed by atoms with van der Waals surface area (Å²) in [5.41, 5.74) is 0.831. The van der Waals surface area contributed by atoms with E-state index in [4.69, 9.17) is 0 Å². The van der Waals surface area contributed by atoms with Gasteiger partial charge in [-0.1, -0.05) is 22.0 Å². The van der Waals surface area contributed by atoms with E-state index < -0.39 is 11.8 Å². The van der Waals surface area contributed by atoms with Crippen LogP contribution in [0, 0.1) is 23.2 Å². The lowest BCUT2D eigenvalue weighted by atomic mass is 9.48. The fourth-order valence-electron chi connectivity index (χ4n) is 5.88. The number of benzene rings is 1. The van der Waals surface area contributed by atoms with Gasteiger partial charge in [-0.15, -0.1) is 0 Å². The van der Waals surface area contributed by atoms with Crippen LogP contribution in [0.4, 0.5) is 5.69 Å². The molecule has 1 aromatic rings.